The molecule has 22 heavy (non-hydrogen) atoms. The molecule has 0 unspecified atom stereocenters. The maximum Gasteiger partial charge on any atom is 0.158 e. The monoisotopic (exact) mass is 298 g/mol. The lowest BCUT2D eigenvalue weighted by Gasteiger charge is -2.43. The van der Waals surface area contributed by atoms with E-state index in [9.17, 15) is 4.79 Å². The van der Waals surface area contributed by atoms with Crippen LogP contribution in [0.5, 0.6) is 5.75 Å². The molecule has 1 aromatic carbocycles. The number of ether oxygens (including phenoxy) is 1. The van der Waals surface area contributed by atoms with Crippen LogP contribution >= 0.6 is 0 Å². The Morgan fingerprint density at radius 1 is 1.18 bits per heavy atom. The van der Waals surface area contributed by atoms with Gasteiger partial charge in [-0.3, -0.25) is 4.79 Å². The van der Waals surface area contributed by atoms with E-state index in [2.05, 4.69) is 32.9 Å². The Morgan fingerprint density at radius 2 is 1.91 bits per heavy atom. The molecule has 0 aromatic heterocycles. The van der Waals surface area contributed by atoms with Crippen molar-refractivity contribution < 1.29 is 9.53 Å². The second-order valence-corrected chi connectivity index (χ2v) is 7.23. The molecule has 2 aliphatic carbocycles. The first-order chi connectivity index (χ1) is 10.4. The van der Waals surface area contributed by atoms with Gasteiger partial charge < -0.3 is 4.74 Å². The van der Waals surface area contributed by atoms with Crippen molar-refractivity contribution in [3.05, 3.63) is 40.0 Å². The summed E-state index contributed by atoms with van der Waals surface area (Å²) in [6, 6.07) is 4.51. The Kier molecular flexibility index (Phi) is 3.66. The van der Waals surface area contributed by atoms with Gasteiger partial charge in [-0.15, -0.1) is 0 Å². The van der Waals surface area contributed by atoms with Crippen molar-refractivity contribution in [1.29, 1.82) is 0 Å². The van der Waals surface area contributed by atoms with Crippen molar-refractivity contribution in [3.63, 3.8) is 0 Å². The van der Waals surface area contributed by atoms with Crippen molar-refractivity contribution in [2.45, 2.75) is 64.7 Å². The lowest BCUT2D eigenvalue weighted by molar-refractivity contribution is -0.116. The van der Waals surface area contributed by atoms with Gasteiger partial charge >= 0.3 is 0 Å². The first-order valence-electron chi connectivity index (χ1n) is 8.33. The van der Waals surface area contributed by atoms with E-state index in [1.807, 2.05) is 6.92 Å². The third kappa shape index (κ3) is 2.04. The number of rotatable bonds is 2. The van der Waals surface area contributed by atoms with Gasteiger partial charge in [0.2, 0.25) is 0 Å². The van der Waals surface area contributed by atoms with Crippen molar-refractivity contribution in [2.75, 3.05) is 7.11 Å². The number of Topliss-reactive ketones (excluding diaryl/α,β-unsaturated/α-hetero) is 1. The van der Waals surface area contributed by atoms with Gasteiger partial charge in [-0.05, 0) is 54.4 Å². The highest BCUT2D eigenvalue weighted by Crippen LogP contribution is 2.51. The van der Waals surface area contributed by atoms with E-state index in [-0.39, 0.29) is 5.41 Å². The van der Waals surface area contributed by atoms with Gasteiger partial charge in [0, 0.05) is 11.8 Å². The molecule has 0 N–H and O–H groups in total. The predicted octanol–water partition coefficient (Wildman–Crippen LogP) is 4.70. The number of ketones is 1. The number of hydrogen-bond acceptors (Lipinski definition) is 2. The van der Waals surface area contributed by atoms with Crippen LogP contribution in [0.3, 0.4) is 0 Å². The normalized spacial score (nSPS) is 24.4. The number of methoxy groups -OCH3 is 1. The first kappa shape index (κ1) is 15.3. The first-order valence-corrected chi connectivity index (χ1v) is 8.33. The lowest BCUT2D eigenvalue weighted by Crippen LogP contribution is -2.36. The number of hydrogen-bond donors (Lipinski definition) is 0. The van der Waals surface area contributed by atoms with Gasteiger partial charge in [0.15, 0.2) is 5.78 Å². The van der Waals surface area contributed by atoms with Crippen molar-refractivity contribution in [3.8, 4) is 5.75 Å². The van der Waals surface area contributed by atoms with E-state index in [1.165, 1.54) is 22.3 Å². The number of carbonyl (C=O) groups excluding carboxylic acids is 1. The molecule has 2 aliphatic rings. The summed E-state index contributed by atoms with van der Waals surface area (Å²) in [7, 11) is 1.78. The van der Waals surface area contributed by atoms with Gasteiger partial charge in [-0.2, -0.15) is 0 Å². The summed E-state index contributed by atoms with van der Waals surface area (Å²) in [5.41, 5.74) is 6.40. The van der Waals surface area contributed by atoms with Gasteiger partial charge in [0.05, 0.1) is 7.11 Å². The molecule has 3 rings (SSSR count). The molecule has 0 bridgehead atoms. The summed E-state index contributed by atoms with van der Waals surface area (Å²) in [6.45, 7) is 8.75. The summed E-state index contributed by atoms with van der Waals surface area (Å²) >= 11 is 0. The van der Waals surface area contributed by atoms with E-state index in [0.29, 0.717) is 18.1 Å². The molecule has 0 fully saturated rings. The molecule has 0 spiro atoms. The van der Waals surface area contributed by atoms with Gasteiger partial charge in [0.25, 0.3) is 0 Å². The molecule has 2 heteroatoms. The Balaban J connectivity index is 2.23. The van der Waals surface area contributed by atoms with E-state index in [1.54, 1.807) is 7.11 Å². The number of fused-ring (bicyclic) bond motifs is 3. The van der Waals surface area contributed by atoms with Crippen LogP contribution < -0.4 is 4.74 Å². The fourth-order valence-corrected chi connectivity index (χ4v) is 4.40. The van der Waals surface area contributed by atoms with Crippen LogP contribution in [-0.2, 0) is 16.6 Å². The minimum Gasteiger partial charge on any atom is -0.496 e. The molecule has 2 nitrogen and oxygen atoms in total. The molecule has 1 atom stereocenters. The summed E-state index contributed by atoms with van der Waals surface area (Å²) < 4.78 is 5.79. The number of benzene rings is 1. The molecule has 0 amide bonds. The van der Waals surface area contributed by atoms with Crippen LogP contribution in [0.4, 0.5) is 0 Å². The van der Waals surface area contributed by atoms with Crippen LogP contribution in [0.25, 0.3) is 0 Å². The molecule has 118 valence electrons. The van der Waals surface area contributed by atoms with E-state index in [0.717, 1.165) is 30.6 Å². The average Bonchev–Trinajstić information content (AvgIpc) is 2.50. The third-order valence-corrected chi connectivity index (χ3v) is 5.73. The molecule has 0 radical (unpaired) electrons. The highest BCUT2D eigenvalue weighted by atomic mass is 16.5. The van der Waals surface area contributed by atoms with Crippen molar-refractivity contribution >= 4 is 5.78 Å². The van der Waals surface area contributed by atoms with Gasteiger partial charge in [-0.1, -0.05) is 38.5 Å². The van der Waals surface area contributed by atoms with E-state index < -0.39 is 0 Å². The topological polar surface area (TPSA) is 26.3 Å². The van der Waals surface area contributed by atoms with Crippen molar-refractivity contribution in [2.24, 2.45) is 0 Å². The third-order valence-electron chi connectivity index (χ3n) is 5.73. The van der Waals surface area contributed by atoms with E-state index in [4.69, 9.17) is 4.74 Å². The standard InChI is InChI=1S/C20H26O2/c1-12(2)14-6-9-17-15(19(14)22-5)7-8-16-13(3)18(21)10-11-20(16,17)4/h6,9,12H,7-8,10-11H2,1-5H3/t20-/m0/s1. The lowest BCUT2D eigenvalue weighted by atomic mass is 9.61. The van der Waals surface area contributed by atoms with Gasteiger partial charge in [0.1, 0.15) is 5.75 Å². The summed E-state index contributed by atoms with van der Waals surface area (Å²) in [6.07, 6.45) is 3.56. The van der Waals surface area contributed by atoms with Crippen molar-refractivity contribution in [1.82, 2.24) is 0 Å². The molecular formula is C20H26O2. The fraction of sp³-hybridized carbons (Fsp3) is 0.550. The smallest absolute Gasteiger partial charge is 0.158 e. The Hall–Kier alpha value is -1.57. The Morgan fingerprint density at radius 3 is 2.55 bits per heavy atom. The molecular weight excluding hydrogens is 272 g/mol. The quantitative estimate of drug-likeness (QED) is 0.791. The number of carbonyl (C=O) groups is 1. The maximum atomic E-state index is 12.1. The molecule has 1 aromatic rings. The molecule has 0 heterocycles. The zero-order chi connectivity index (χ0) is 16.1. The second kappa shape index (κ2) is 5.26. The molecule has 0 saturated heterocycles. The second-order valence-electron chi connectivity index (χ2n) is 7.23. The largest absolute Gasteiger partial charge is 0.496 e. The zero-order valence-corrected chi connectivity index (χ0v) is 14.4. The summed E-state index contributed by atoms with van der Waals surface area (Å²) in [4.78, 5) is 12.1. The average molecular weight is 298 g/mol. The Bertz CT molecular complexity index is 667. The highest BCUT2D eigenvalue weighted by molar-refractivity contribution is 5.97. The van der Waals surface area contributed by atoms with Crippen LogP contribution in [0.2, 0.25) is 0 Å². The molecule has 0 saturated carbocycles. The van der Waals surface area contributed by atoms with Crippen LogP contribution in [-0.4, -0.2) is 12.9 Å². The van der Waals surface area contributed by atoms with Crippen LogP contribution in [0, 0.1) is 0 Å². The van der Waals surface area contributed by atoms with E-state index >= 15 is 0 Å². The highest BCUT2D eigenvalue weighted by Gasteiger charge is 2.42. The summed E-state index contributed by atoms with van der Waals surface area (Å²) in [5.74, 6) is 1.86. The number of allylic oxidation sites excluding steroid dienone is 2. The SMILES string of the molecule is COc1c(C(C)C)ccc2c1CCC1=C(C)C(=O)CC[C@@]12C. The minimum absolute atomic E-state index is 0.00830. The predicted molar refractivity (Wildman–Crippen MR) is 89.7 cm³/mol. The summed E-state index contributed by atoms with van der Waals surface area (Å²) in [5, 5.41) is 0. The maximum absolute atomic E-state index is 12.1. The minimum atomic E-state index is 0.00830. The van der Waals surface area contributed by atoms with Crippen LogP contribution in [0.15, 0.2) is 23.3 Å². The molecule has 0 aliphatic heterocycles. The van der Waals surface area contributed by atoms with Gasteiger partial charge in [-0.25, -0.2) is 0 Å². The van der Waals surface area contributed by atoms with Crippen LogP contribution in [0.1, 0.15) is 69.6 Å². The fourth-order valence-electron chi connectivity index (χ4n) is 4.40. The zero-order valence-electron chi connectivity index (χ0n) is 14.4. The Labute approximate surface area is 133 Å².